The quantitative estimate of drug-likeness (QED) is 0.788. The number of rotatable bonds is 5. The smallest absolute Gasteiger partial charge is 0.312 e. The molecule has 0 atom stereocenters. The van der Waals surface area contributed by atoms with E-state index in [0.717, 1.165) is 5.69 Å². The van der Waals surface area contributed by atoms with E-state index in [4.69, 9.17) is 34.4 Å². The third kappa shape index (κ3) is 5.18. The van der Waals surface area contributed by atoms with Gasteiger partial charge in [0, 0.05) is 37.7 Å². The number of nitrogens with zero attached hydrogens (tertiary/aromatic N) is 2. The van der Waals surface area contributed by atoms with E-state index >= 15 is 0 Å². The van der Waals surface area contributed by atoms with Crippen molar-refractivity contribution in [2.75, 3.05) is 37.6 Å². The van der Waals surface area contributed by atoms with Crippen LogP contribution >= 0.6 is 23.2 Å². The fourth-order valence-corrected chi connectivity index (χ4v) is 3.98. The highest BCUT2D eigenvalue weighted by Gasteiger charge is 2.24. The minimum absolute atomic E-state index is 0.0635. The number of urea groups is 1. The topological polar surface area (TPSA) is 61.6 Å². The molecule has 1 aromatic rings. The largest absolute Gasteiger partial charge is 0.368 e. The van der Waals surface area contributed by atoms with Gasteiger partial charge < -0.3 is 16.0 Å². The minimum atomic E-state index is -2.11. The lowest BCUT2D eigenvalue weighted by atomic mass is 9.84. The lowest BCUT2D eigenvalue weighted by Gasteiger charge is -2.37. The molecule has 1 aromatic carbocycles. The molecule has 1 heterocycles. The summed E-state index contributed by atoms with van der Waals surface area (Å²) in [7, 11) is 0. The number of carbonyl (C=O) groups excluding carboxylic acids is 1. The van der Waals surface area contributed by atoms with Crippen LogP contribution in [-0.4, -0.2) is 49.6 Å². The molecule has 0 radical (unpaired) electrons. The monoisotopic (exact) mass is 402 g/mol. The van der Waals surface area contributed by atoms with Crippen LogP contribution in [0.4, 0.5) is 10.5 Å². The zero-order chi connectivity index (χ0) is 22.1. The Labute approximate surface area is 171 Å². The van der Waals surface area contributed by atoms with Gasteiger partial charge in [0.1, 0.15) is 0 Å². The zero-order valence-electron chi connectivity index (χ0n) is 18.7. The molecule has 1 aliphatic heterocycles. The van der Waals surface area contributed by atoms with Crippen LogP contribution in [0, 0.1) is 5.92 Å². The van der Waals surface area contributed by atoms with Crippen LogP contribution in [-0.2, 0) is 0 Å². The molecule has 2 fully saturated rings. The Morgan fingerprint density at radius 1 is 1.19 bits per heavy atom. The molecule has 1 aliphatic carbocycles. The summed E-state index contributed by atoms with van der Waals surface area (Å²) >= 11 is 12.4. The van der Waals surface area contributed by atoms with E-state index in [0.29, 0.717) is 61.9 Å². The average molecular weight is 403 g/mol. The third-order valence-electron chi connectivity index (χ3n) is 5.05. The molecule has 2 aliphatic rings. The van der Waals surface area contributed by atoms with Crippen LogP contribution in [0.2, 0.25) is 10.0 Å². The van der Waals surface area contributed by atoms with E-state index in [1.807, 2.05) is 12.1 Å². The van der Waals surface area contributed by atoms with Gasteiger partial charge in [0.05, 0.1) is 15.7 Å². The van der Waals surface area contributed by atoms with Crippen molar-refractivity contribution in [3.05, 3.63) is 28.2 Å². The van der Waals surface area contributed by atoms with Crippen molar-refractivity contribution in [3.8, 4) is 0 Å². The predicted octanol–water partition coefficient (Wildman–Crippen LogP) is 3.73. The first-order valence-corrected chi connectivity index (χ1v) is 9.79. The normalized spacial score (nSPS) is 27.8. The summed E-state index contributed by atoms with van der Waals surface area (Å²) in [5, 5.41) is 3.63. The molecule has 1 saturated carbocycles. The summed E-state index contributed by atoms with van der Waals surface area (Å²) in [6.07, 6.45) is 0.208. The highest BCUT2D eigenvalue weighted by Crippen LogP contribution is 2.33. The lowest BCUT2D eigenvalue weighted by molar-refractivity contribution is 0.207. The highest BCUT2D eigenvalue weighted by molar-refractivity contribution is 6.43. The molecule has 0 unspecified atom stereocenters. The van der Waals surface area contributed by atoms with E-state index in [1.165, 1.54) is 0 Å². The number of halogens is 2. The van der Waals surface area contributed by atoms with E-state index in [-0.39, 0.29) is 6.04 Å². The van der Waals surface area contributed by atoms with Gasteiger partial charge in [-0.15, -0.1) is 0 Å². The molecule has 7 heteroatoms. The summed E-state index contributed by atoms with van der Waals surface area (Å²) in [5.74, 6) is -0.418. The highest BCUT2D eigenvalue weighted by atomic mass is 35.5. The van der Waals surface area contributed by atoms with Crippen molar-refractivity contribution >= 4 is 34.9 Å². The maximum Gasteiger partial charge on any atom is 0.312 e. The Balaban J connectivity index is 1.63. The molecule has 0 bridgehead atoms. The van der Waals surface area contributed by atoms with E-state index in [9.17, 15) is 4.79 Å². The first-order chi connectivity index (χ1) is 14.0. The van der Waals surface area contributed by atoms with Crippen LogP contribution in [0.15, 0.2) is 18.2 Å². The van der Waals surface area contributed by atoms with Gasteiger partial charge in [0.15, 0.2) is 0 Å². The number of hydrogen-bond acceptors (Lipinski definition) is 3. The van der Waals surface area contributed by atoms with E-state index < -0.39 is 24.8 Å². The lowest BCUT2D eigenvalue weighted by Crippen LogP contribution is -2.47. The van der Waals surface area contributed by atoms with E-state index in [1.54, 1.807) is 11.0 Å². The zero-order valence-corrected chi connectivity index (χ0v) is 16.2. The fourth-order valence-electron chi connectivity index (χ4n) is 3.56. The summed E-state index contributed by atoms with van der Waals surface area (Å²) in [6.45, 7) is -0.274. The standard InChI is InChI=1S/C19H28Cl2N4O/c20-16-2-1-3-17(18(16)21)25-12-10-24(11-13-25)9-8-14-4-6-15(7-5-14)23-19(22)26/h1-3,14-15H,4-13H2,(H3,22,23,26)/i8D2,9D2. The van der Waals surface area contributed by atoms with Crippen molar-refractivity contribution < 1.29 is 10.3 Å². The first-order valence-electron chi connectivity index (χ1n) is 11.0. The van der Waals surface area contributed by atoms with Gasteiger partial charge in [-0.2, -0.15) is 0 Å². The average Bonchev–Trinajstić information content (AvgIpc) is 2.70. The molecular weight excluding hydrogens is 371 g/mol. The van der Waals surface area contributed by atoms with Crippen molar-refractivity contribution in [2.45, 2.75) is 38.1 Å². The molecule has 26 heavy (non-hydrogen) atoms. The van der Waals surface area contributed by atoms with Crippen LogP contribution in [0.25, 0.3) is 0 Å². The van der Waals surface area contributed by atoms with Gasteiger partial charge in [-0.1, -0.05) is 29.3 Å². The summed E-state index contributed by atoms with van der Waals surface area (Å²) < 4.78 is 34.5. The van der Waals surface area contributed by atoms with Gasteiger partial charge in [0.2, 0.25) is 0 Å². The molecule has 1 saturated heterocycles. The predicted molar refractivity (Wildman–Crippen MR) is 108 cm³/mol. The van der Waals surface area contributed by atoms with Crippen molar-refractivity contribution in [1.29, 1.82) is 0 Å². The van der Waals surface area contributed by atoms with Gasteiger partial charge in [-0.3, -0.25) is 4.90 Å². The maximum absolute atomic E-state index is 11.0. The number of nitrogens with one attached hydrogen (secondary N) is 1. The summed E-state index contributed by atoms with van der Waals surface area (Å²) in [6, 6.07) is 4.80. The van der Waals surface area contributed by atoms with E-state index in [2.05, 4.69) is 10.2 Å². The molecule has 2 amide bonds. The second kappa shape index (κ2) is 9.16. The Morgan fingerprint density at radius 2 is 1.88 bits per heavy atom. The van der Waals surface area contributed by atoms with Crippen LogP contribution in [0.1, 0.15) is 37.5 Å². The van der Waals surface area contributed by atoms with Crippen LogP contribution in [0.3, 0.4) is 0 Å². The minimum Gasteiger partial charge on any atom is -0.368 e. The molecule has 0 aromatic heterocycles. The molecule has 5 nitrogen and oxygen atoms in total. The number of primary amides is 1. The molecule has 144 valence electrons. The number of hydrogen-bond donors (Lipinski definition) is 2. The molecule has 3 rings (SSSR count). The Morgan fingerprint density at radius 3 is 2.54 bits per heavy atom. The maximum atomic E-state index is 11.0. The van der Waals surface area contributed by atoms with Crippen molar-refractivity contribution in [2.24, 2.45) is 11.7 Å². The summed E-state index contributed by atoms with van der Waals surface area (Å²) in [4.78, 5) is 14.7. The second-order valence-corrected chi connectivity index (χ2v) is 7.65. The number of piperazine rings is 1. The Kier molecular flexibility index (Phi) is 5.22. The van der Waals surface area contributed by atoms with Gasteiger partial charge >= 0.3 is 6.03 Å². The summed E-state index contributed by atoms with van der Waals surface area (Å²) in [5.41, 5.74) is 5.98. The Hall–Kier alpha value is -1.17. The van der Waals surface area contributed by atoms with Gasteiger partial charge in [-0.25, -0.2) is 4.79 Å². The van der Waals surface area contributed by atoms with Gasteiger partial charge in [-0.05, 0) is 56.6 Å². The third-order valence-corrected chi connectivity index (χ3v) is 5.86. The number of carbonyl (C=O) groups is 1. The molecule has 0 spiro atoms. The molecule has 3 N–H and O–H groups in total. The SMILES string of the molecule is [2H]C([2H])(C1CCC(NC(N)=O)CC1)C([2H])([2H])N1CCN(c2cccc(Cl)c2Cl)CC1. The first kappa shape index (κ1) is 14.8. The number of amides is 2. The fraction of sp³-hybridized carbons (Fsp3) is 0.632. The second-order valence-electron chi connectivity index (χ2n) is 6.86. The van der Waals surface area contributed by atoms with Crippen molar-refractivity contribution in [1.82, 2.24) is 10.2 Å². The van der Waals surface area contributed by atoms with Crippen LogP contribution in [0.5, 0.6) is 0 Å². The van der Waals surface area contributed by atoms with Crippen LogP contribution < -0.4 is 16.0 Å². The number of benzene rings is 1. The molecular formula is C19H28Cl2N4O. The van der Waals surface area contributed by atoms with Crippen molar-refractivity contribution in [3.63, 3.8) is 0 Å². The number of anilines is 1. The Bertz CT molecular complexity index is 767. The number of nitrogens with two attached hydrogens (primary N) is 1. The van der Waals surface area contributed by atoms with Gasteiger partial charge in [0.25, 0.3) is 0 Å².